The second-order valence-electron chi connectivity index (χ2n) is 3.55. The second-order valence-corrected chi connectivity index (χ2v) is 3.55. The Bertz CT molecular complexity index is 396. The molecule has 0 amide bonds. The fourth-order valence-electron chi connectivity index (χ4n) is 1.22. The Labute approximate surface area is 94.2 Å². The SMILES string of the molecule is CC(=O)Oc1cccc(C=O)c1OC(C)C. The van der Waals surface area contributed by atoms with Gasteiger partial charge in [-0.3, -0.25) is 9.59 Å². The Hall–Kier alpha value is -1.84. The molecule has 0 aliphatic carbocycles. The molecule has 0 bridgehead atoms. The summed E-state index contributed by atoms with van der Waals surface area (Å²) in [6.07, 6.45) is 0.570. The minimum Gasteiger partial charge on any atom is -0.486 e. The van der Waals surface area contributed by atoms with Crippen molar-refractivity contribution in [2.45, 2.75) is 26.9 Å². The molecule has 0 aliphatic rings. The minimum absolute atomic E-state index is 0.101. The lowest BCUT2D eigenvalue weighted by atomic mass is 10.2. The predicted molar refractivity (Wildman–Crippen MR) is 58.9 cm³/mol. The van der Waals surface area contributed by atoms with Crippen LogP contribution in [0.2, 0.25) is 0 Å². The summed E-state index contributed by atoms with van der Waals surface area (Å²) in [5.74, 6) is 0.130. The van der Waals surface area contributed by atoms with E-state index >= 15 is 0 Å². The Kier molecular flexibility index (Phi) is 4.05. The van der Waals surface area contributed by atoms with Gasteiger partial charge in [0.2, 0.25) is 0 Å². The van der Waals surface area contributed by atoms with Crippen LogP contribution in [-0.2, 0) is 4.79 Å². The summed E-state index contributed by atoms with van der Waals surface area (Å²) < 4.78 is 10.4. The average molecular weight is 222 g/mol. The molecule has 4 heteroatoms. The molecular weight excluding hydrogens is 208 g/mol. The average Bonchev–Trinajstić information content (AvgIpc) is 2.19. The van der Waals surface area contributed by atoms with E-state index in [2.05, 4.69) is 0 Å². The molecule has 1 aromatic carbocycles. The first-order valence-corrected chi connectivity index (χ1v) is 4.98. The number of hydrogen-bond donors (Lipinski definition) is 0. The number of aldehydes is 1. The number of esters is 1. The Morgan fingerprint density at radius 1 is 1.38 bits per heavy atom. The highest BCUT2D eigenvalue weighted by molar-refractivity contribution is 5.82. The molecular formula is C12H14O4. The number of rotatable bonds is 4. The number of carbonyl (C=O) groups is 2. The molecule has 0 atom stereocenters. The summed E-state index contributed by atoms with van der Waals surface area (Å²) in [6, 6.07) is 4.83. The van der Waals surface area contributed by atoms with Gasteiger partial charge in [0.25, 0.3) is 0 Å². The van der Waals surface area contributed by atoms with Gasteiger partial charge >= 0.3 is 5.97 Å². The molecule has 0 fully saturated rings. The lowest BCUT2D eigenvalue weighted by Gasteiger charge is -2.15. The highest BCUT2D eigenvalue weighted by Gasteiger charge is 2.13. The van der Waals surface area contributed by atoms with E-state index in [1.165, 1.54) is 6.92 Å². The van der Waals surface area contributed by atoms with E-state index in [0.717, 1.165) is 0 Å². The minimum atomic E-state index is -0.448. The van der Waals surface area contributed by atoms with Crippen LogP contribution in [0.3, 0.4) is 0 Å². The van der Waals surface area contributed by atoms with Crippen LogP contribution in [0.5, 0.6) is 11.5 Å². The van der Waals surface area contributed by atoms with Gasteiger partial charge in [0.15, 0.2) is 17.8 Å². The summed E-state index contributed by atoms with van der Waals surface area (Å²) >= 11 is 0. The van der Waals surface area contributed by atoms with Crippen molar-refractivity contribution >= 4 is 12.3 Å². The zero-order valence-electron chi connectivity index (χ0n) is 9.52. The molecule has 0 saturated heterocycles. The monoisotopic (exact) mass is 222 g/mol. The molecule has 0 aliphatic heterocycles. The molecule has 0 radical (unpaired) electrons. The Morgan fingerprint density at radius 2 is 2.06 bits per heavy atom. The van der Waals surface area contributed by atoms with E-state index in [0.29, 0.717) is 17.6 Å². The second kappa shape index (κ2) is 5.30. The predicted octanol–water partition coefficient (Wildman–Crippen LogP) is 2.21. The van der Waals surface area contributed by atoms with Crippen molar-refractivity contribution in [3.63, 3.8) is 0 Å². The maximum Gasteiger partial charge on any atom is 0.308 e. The molecule has 1 rings (SSSR count). The molecule has 0 saturated carbocycles. The van der Waals surface area contributed by atoms with Crippen molar-refractivity contribution in [3.05, 3.63) is 23.8 Å². The largest absolute Gasteiger partial charge is 0.486 e. The van der Waals surface area contributed by atoms with Crippen molar-refractivity contribution in [3.8, 4) is 11.5 Å². The molecule has 1 aromatic rings. The molecule has 4 nitrogen and oxygen atoms in total. The molecule has 0 heterocycles. The fourth-order valence-corrected chi connectivity index (χ4v) is 1.22. The molecule has 86 valence electrons. The third kappa shape index (κ3) is 3.08. The topological polar surface area (TPSA) is 52.6 Å². The summed E-state index contributed by atoms with van der Waals surface area (Å²) in [4.78, 5) is 21.7. The third-order valence-electron chi connectivity index (χ3n) is 1.74. The number of ether oxygens (including phenoxy) is 2. The third-order valence-corrected chi connectivity index (χ3v) is 1.74. The van der Waals surface area contributed by atoms with Gasteiger partial charge in [-0.25, -0.2) is 0 Å². The van der Waals surface area contributed by atoms with Crippen molar-refractivity contribution in [1.82, 2.24) is 0 Å². The van der Waals surface area contributed by atoms with E-state index in [1.54, 1.807) is 18.2 Å². The van der Waals surface area contributed by atoms with E-state index in [-0.39, 0.29) is 11.9 Å². The molecule has 16 heavy (non-hydrogen) atoms. The summed E-state index contributed by atoms with van der Waals surface area (Å²) in [6.45, 7) is 4.96. The fraction of sp³-hybridized carbons (Fsp3) is 0.333. The quantitative estimate of drug-likeness (QED) is 0.445. The molecule has 0 spiro atoms. The van der Waals surface area contributed by atoms with Gasteiger partial charge in [0, 0.05) is 6.92 Å². The van der Waals surface area contributed by atoms with Gasteiger partial charge in [-0.2, -0.15) is 0 Å². The highest BCUT2D eigenvalue weighted by atomic mass is 16.6. The van der Waals surface area contributed by atoms with Crippen LogP contribution in [0.1, 0.15) is 31.1 Å². The van der Waals surface area contributed by atoms with Gasteiger partial charge in [-0.05, 0) is 26.0 Å². The number of benzene rings is 1. The van der Waals surface area contributed by atoms with Gasteiger partial charge in [0.1, 0.15) is 0 Å². The van der Waals surface area contributed by atoms with E-state index in [4.69, 9.17) is 9.47 Å². The standard InChI is InChI=1S/C12H14O4/c1-8(2)15-12-10(7-13)5-4-6-11(12)16-9(3)14/h4-8H,1-3H3. The van der Waals surface area contributed by atoms with Gasteiger partial charge in [-0.1, -0.05) is 6.07 Å². The lowest BCUT2D eigenvalue weighted by molar-refractivity contribution is -0.132. The van der Waals surface area contributed by atoms with Crippen LogP contribution in [-0.4, -0.2) is 18.4 Å². The van der Waals surface area contributed by atoms with Crippen molar-refractivity contribution in [2.24, 2.45) is 0 Å². The number of carbonyl (C=O) groups excluding carboxylic acids is 2. The van der Waals surface area contributed by atoms with Crippen LogP contribution >= 0.6 is 0 Å². The van der Waals surface area contributed by atoms with Crippen LogP contribution in [0.25, 0.3) is 0 Å². The first-order valence-electron chi connectivity index (χ1n) is 4.98. The summed E-state index contributed by atoms with van der Waals surface area (Å²) in [5.41, 5.74) is 0.368. The Morgan fingerprint density at radius 3 is 2.56 bits per heavy atom. The first kappa shape index (κ1) is 12.2. The summed E-state index contributed by atoms with van der Waals surface area (Å²) in [5, 5.41) is 0. The summed E-state index contributed by atoms with van der Waals surface area (Å²) in [7, 11) is 0. The number of hydrogen-bond acceptors (Lipinski definition) is 4. The van der Waals surface area contributed by atoms with Crippen molar-refractivity contribution in [1.29, 1.82) is 0 Å². The van der Waals surface area contributed by atoms with Crippen LogP contribution in [0.4, 0.5) is 0 Å². The molecule has 0 unspecified atom stereocenters. The van der Waals surface area contributed by atoms with Crippen LogP contribution < -0.4 is 9.47 Å². The smallest absolute Gasteiger partial charge is 0.308 e. The zero-order valence-corrected chi connectivity index (χ0v) is 9.52. The lowest BCUT2D eigenvalue weighted by Crippen LogP contribution is -2.10. The maximum atomic E-state index is 10.9. The number of para-hydroxylation sites is 1. The van der Waals surface area contributed by atoms with Crippen molar-refractivity contribution in [2.75, 3.05) is 0 Å². The van der Waals surface area contributed by atoms with Crippen LogP contribution in [0.15, 0.2) is 18.2 Å². The van der Waals surface area contributed by atoms with Crippen molar-refractivity contribution < 1.29 is 19.1 Å². The highest BCUT2D eigenvalue weighted by Crippen LogP contribution is 2.31. The van der Waals surface area contributed by atoms with Gasteiger partial charge < -0.3 is 9.47 Å². The van der Waals surface area contributed by atoms with E-state index in [9.17, 15) is 9.59 Å². The first-order chi connectivity index (χ1) is 7.54. The molecule has 0 N–H and O–H groups in total. The normalized spacial score (nSPS) is 10.0. The van der Waals surface area contributed by atoms with Crippen LogP contribution in [0, 0.1) is 0 Å². The molecule has 0 aromatic heterocycles. The maximum absolute atomic E-state index is 10.9. The van der Waals surface area contributed by atoms with E-state index in [1.807, 2.05) is 13.8 Å². The Balaban J connectivity index is 3.14. The zero-order chi connectivity index (χ0) is 12.1. The van der Waals surface area contributed by atoms with Gasteiger partial charge in [-0.15, -0.1) is 0 Å². The van der Waals surface area contributed by atoms with Gasteiger partial charge in [0.05, 0.1) is 11.7 Å². The van der Waals surface area contributed by atoms with E-state index < -0.39 is 5.97 Å².